The van der Waals surface area contributed by atoms with Gasteiger partial charge in [0.25, 0.3) is 0 Å². The molecule has 0 atom stereocenters. The van der Waals surface area contributed by atoms with E-state index < -0.39 is 0 Å². The number of rotatable bonds is 10. The first-order valence-corrected chi connectivity index (χ1v) is 11.0. The van der Waals surface area contributed by atoms with Gasteiger partial charge in [0.1, 0.15) is 11.6 Å². The van der Waals surface area contributed by atoms with E-state index in [1.54, 1.807) is 0 Å². The summed E-state index contributed by atoms with van der Waals surface area (Å²) in [5, 5.41) is 3.08. The van der Waals surface area contributed by atoms with E-state index >= 15 is 0 Å². The summed E-state index contributed by atoms with van der Waals surface area (Å²) in [6.45, 7) is 10.2. The van der Waals surface area contributed by atoms with Crippen molar-refractivity contribution >= 4 is 16.9 Å². The summed E-state index contributed by atoms with van der Waals surface area (Å²) in [4.78, 5) is 17.2. The minimum atomic E-state index is 0.0637. The molecule has 0 aliphatic carbocycles. The van der Waals surface area contributed by atoms with Crippen LogP contribution in [0.2, 0.25) is 0 Å². The number of nitrogens with zero attached hydrogens (tertiary/aromatic N) is 2. The van der Waals surface area contributed by atoms with Crippen molar-refractivity contribution < 1.29 is 9.53 Å². The number of imidazole rings is 1. The van der Waals surface area contributed by atoms with Gasteiger partial charge in [-0.25, -0.2) is 4.98 Å². The van der Waals surface area contributed by atoms with Crippen LogP contribution in [0.25, 0.3) is 11.0 Å². The number of ether oxygens (including phenoxy) is 1. The van der Waals surface area contributed by atoms with Gasteiger partial charge in [0.05, 0.1) is 24.2 Å². The Bertz CT molecular complexity index is 989. The predicted molar refractivity (Wildman–Crippen MR) is 122 cm³/mol. The Balaban J connectivity index is 1.67. The molecule has 5 nitrogen and oxygen atoms in total. The van der Waals surface area contributed by atoms with Gasteiger partial charge in [-0.3, -0.25) is 4.79 Å². The van der Waals surface area contributed by atoms with Crippen LogP contribution in [-0.2, 0) is 17.9 Å². The smallest absolute Gasteiger partial charge is 0.223 e. The predicted octanol–water partition coefficient (Wildman–Crippen LogP) is 5.17. The zero-order chi connectivity index (χ0) is 21.5. The number of aromatic nitrogens is 2. The van der Waals surface area contributed by atoms with Crippen LogP contribution in [0.1, 0.15) is 50.1 Å². The van der Waals surface area contributed by atoms with E-state index in [0.29, 0.717) is 13.2 Å². The zero-order valence-corrected chi connectivity index (χ0v) is 18.6. The number of fused-ring (bicyclic) bond motifs is 1. The molecule has 0 bridgehead atoms. The number of amides is 1. The Morgan fingerprint density at radius 2 is 1.87 bits per heavy atom. The average molecular weight is 408 g/mol. The fourth-order valence-electron chi connectivity index (χ4n) is 3.77. The van der Waals surface area contributed by atoms with Gasteiger partial charge >= 0.3 is 0 Å². The van der Waals surface area contributed by atoms with Gasteiger partial charge in [0, 0.05) is 12.5 Å². The first-order valence-electron chi connectivity index (χ1n) is 11.0. The molecule has 0 spiro atoms. The minimum Gasteiger partial charge on any atom is -0.493 e. The Kier molecular flexibility index (Phi) is 7.50. The van der Waals surface area contributed by atoms with Crippen molar-refractivity contribution in [3.05, 3.63) is 59.4 Å². The van der Waals surface area contributed by atoms with Gasteiger partial charge in [0.2, 0.25) is 5.91 Å². The molecule has 0 saturated carbocycles. The number of hydrogen-bond donors (Lipinski definition) is 1. The molecule has 0 saturated heterocycles. The second-order valence-electron chi connectivity index (χ2n) is 7.80. The molecule has 0 unspecified atom stereocenters. The average Bonchev–Trinajstić information content (AvgIpc) is 3.11. The van der Waals surface area contributed by atoms with Gasteiger partial charge in [-0.15, -0.1) is 0 Å². The standard InChI is InChI=1S/C25H33N3O2/c1-5-20(6-2)25(29)26-17-24-27-21-12-7-8-13-22(21)28(24)15-10-16-30-23-14-9-11-18(3)19(23)4/h7-9,11-14,20H,5-6,10,15-17H2,1-4H3,(H,26,29). The van der Waals surface area contributed by atoms with Crippen LogP contribution in [-0.4, -0.2) is 22.1 Å². The van der Waals surface area contributed by atoms with Crippen molar-refractivity contribution in [1.29, 1.82) is 0 Å². The van der Waals surface area contributed by atoms with E-state index in [1.807, 2.05) is 30.3 Å². The van der Waals surface area contributed by atoms with Gasteiger partial charge in [-0.1, -0.05) is 38.1 Å². The summed E-state index contributed by atoms with van der Waals surface area (Å²) in [5.74, 6) is 2.01. The van der Waals surface area contributed by atoms with Crippen LogP contribution in [0.4, 0.5) is 0 Å². The third-order valence-corrected chi connectivity index (χ3v) is 5.85. The summed E-state index contributed by atoms with van der Waals surface area (Å²) in [6, 6.07) is 14.3. The lowest BCUT2D eigenvalue weighted by atomic mass is 10.0. The topological polar surface area (TPSA) is 56.2 Å². The molecule has 1 aromatic heterocycles. The Hall–Kier alpha value is -2.82. The molecule has 0 aliphatic heterocycles. The van der Waals surface area contributed by atoms with Gasteiger partial charge in [0.15, 0.2) is 0 Å². The van der Waals surface area contributed by atoms with Crippen molar-refractivity contribution in [1.82, 2.24) is 14.9 Å². The number of carbonyl (C=O) groups excluding carboxylic acids is 1. The largest absolute Gasteiger partial charge is 0.493 e. The quantitative estimate of drug-likeness (QED) is 0.472. The number of benzene rings is 2. The molecule has 0 fully saturated rings. The minimum absolute atomic E-state index is 0.0637. The molecule has 0 aliphatic rings. The van der Waals surface area contributed by atoms with Crippen LogP contribution in [0.3, 0.4) is 0 Å². The molecular weight excluding hydrogens is 374 g/mol. The first kappa shape index (κ1) is 21.9. The highest BCUT2D eigenvalue weighted by atomic mass is 16.5. The number of carbonyl (C=O) groups is 1. The second kappa shape index (κ2) is 10.3. The van der Waals surface area contributed by atoms with E-state index in [-0.39, 0.29) is 11.8 Å². The first-order chi connectivity index (χ1) is 14.5. The number of nitrogens with one attached hydrogen (secondary N) is 1. The van der Waals surface area contributed by atoms with Crippen molar-refractivity contribution in [2.45, 2.75) is 60.0 Å². The highest BCUT2D eigenvalue weighted by Gasteiger charge is 2.16. The molecule has 0 radical (unpaired) electrons. The fourth-order valence-corrected chi connectivity index (χ4v) is 3.77. The summed E-state index contributed by atoms with van der Waals surface area (Å²) in [5.41, 5.74) is 4.48. The van der Waals surface area contributed by atoms with Gasteiger partial charge in [-0.05, 0) is 62.4 Å². The van der Waals surface area contributed by atoms with Crippen LogP contribution in [0.5, 0.6) is 5.75 Å². The van der Waals surface area contributed by atoms with Gasteiger partial charge < -0.3 is 14.6 Å². The fraction of sp³-hybridized carbons (Fsp3) is 0.440. The van der Waals surface area contributed by atoms with E-state index in [0.717, 1.165) is 48.4 Å². The lowest BCUT2D eigenvalue weighted by Gasteiger charge is -2.14. The summed E-state index contributed by atoms with van der Waals surface area (Å²) in [6.07, 6.45) is 2.57. The molecule has 2 aromatic carbocycles. The Morgan fingerprint density at radius 3 is 2.63 bits per heavy atom. The lowest BCUT2D eigenvalue weighted by Crippen LogP contribution is -2.30. The SMILES string of the molecule is CCC(CC)C(=O)NCc1nc2ccccc2n1CCCOc1cccc(C)c1C. The van der Waals surface area contributed by atoms with Crippen molar-refractivity contribution in [3.8, 4) is 5.75 Å². The van der Waals surface area contributed by atoms with E-state index in [9.17, 15) is 4.79 Å². The zero-order valence-electron chi connectivity index (χ0n) is 18.6. The maximum atomic E-state index is 12.4. The Morgan fingerprint density at radius 1 is 1.10 bits per heavy atom. The molecule has 1 heterocycles. The molecule has 1 N–H and O–H groups in total. The maximum Gasteiger partial charge on any atom is 0.223 e. The molecular formula is C25H33N3O2. The van der Waals surface area contributed by atoms with E-state index in [2.05, 4.69) is 49.7 Å². The molecule has 30 heavy (non-hydrogen) atoms. The van der Waals surface area contributed by atoms with Crippen LogP contribution in [0.15, 0.2) is 42.5 Å². The molecule has 5 heteroatoms. The third kappa shape index (κ3) is 5.02. The summed E-state index contributed by atoms with van der Waals surface area (Å²) in [7, 11) is 0. The molecule has 3 aromatic rings. The number of para-hydroxylation sites is 2. The third-order valence-electron chi connectivity index (χ3n) is 5.85. The number of hydrogen-bond acceptors (Lipinski definition) is 3. The van der Waals surface area contributed by atoms with E-state index in [1.165, 1.54) is 11.1 Å². The Labute approximate surface area is 179 Å². The van der Waals surface area contributed by atoms with Crippen molar-refractivity contribution in [3.63, 3.8) is 0 Å². The molecule has 160 valence electrons. The highest BCUT2D eigenvalue weighted by molar-refractivity contribution is 5.79. The summed E-state index contributed by atoms with van der Waals surface area (Å²) >= 11 is 0. The van der Waals surface area contributed by atoms with Crippen LogP contribution < -0.4 is 10.1 Å². The van der Waals surface area contributed by atoms with Gasteiger partial charge in [-0.2, -0.15) is 0 Å². The van der Waals surface area contributed by atoms with E-state index in [4.69, 9.17) is 9.72 Å². The molecule has 3 rings (SSSR count). The monoisotopic (exact) mass is 407 g/mol. The highest BCUT2D eigenvalue weighted by Crippen LogP contribution is 2.21. The number of aryl methyl sites for hydroxylation is 2. The lowest BCUT2D eigenvalue weighted by molar-refractivity contribution is -0.125. The second-order valence-corrected chi connectivity index (χ2v) is 7.80. The normalized spacial score (nSPS) is 11.2. The van der Waals surface area contributed by atoms with Crippen LogP contribution >= 0.6 is 0 Å². The van der Waals surface area contributed by atoms with Crippen molar-refractivity contribution in [2.24, 2.45) is 5.92 Å². The summed E-state index contributed by atoms with van der Waals surface area (Å²) < 4.78 is 8.23. The maximum absolute atomic E-state index is 12.4. The molecule has 1 amide bonds. The van der Waals surface area contributed by atoms with Crippen LogP contribution in [0, 0.1) is 19.8 Å². The van der Waals surface area contributed by atoms with Crippen molar-refractivity contribution in [2.75, 3.05) is 6.61 Å².